The lowest BCUT2D eigenvalue weighted by atomic mass is 10.1. The Balaban J connectivity index is 2.97. The lowest BCUT2D eigenvalue weighted by molar-refractivity contribution is 1.52. The van der Waals surface area contributed by atoms with Crippen molar-refractivity contribution in [2.24, 2.45) is 5.73 Å². The molecular weight excluding hydrogens is 170 g/mol. The van der Waals surface area contributed by atoms with Gasteiger partial charge in [-0.3, -0.25) is 0 Å². The van der Waals surface area contributed by atoms with Crippen LogP contribution in [0.4, 0.5) is 0 Å². The topological polar surface area (TPSA) is 26.0 Å². The first-order chi connectivity index (χ1) is 5.74. The quantitative estimate of drug-likeness (QED) is 0.695. The molecule has 0 saturated heterocycles. The molecule has 62 valence electrons. The van der Waals surface area contributed by atoms with Crippen LogP contribution >= 0.6 is 11.6 Å². The second-order valence-electron chi connectivity index (χ2n) is 2.36. The summed E-state index contributed by atoms with van der Waals surface area (Å²) in [6.45, 7) is 3.56. The van der Waals surface area contributed by atoms with Gasteiger partial charge < -0.3 is 5.73 Å². The largest absolute Gasteiger partial charge is 0.398 e. The molecule has 0 heterocycles. The number of hydrogen-bond donors (Lipinski definition) is 1. The van der Waals surface area contributed by atoms with Crippen LogP contribution in [0.1, 0.15) is 5.56 Å². The number of nitrogens with two attached hydrogens (primary N) is 1. The highest BCUT2D eigenvalue weighted by molar-refractivity contribution is 6.30. The molecule has 1 nitrogen and oxygen atoms in total. The van der Waals surface area contributed by atoms with E-state index in [0.717, 1.165) is 5.56 Å². The maximum Gasteiger partial charge on any atom is 0.0406 e. The molecule has 0 saturated carbocycles. The van der Waals surface area contributed by atoms with Crippen LogP contribution in [-0.2, 0) is 0 Å². The fourth-order valence-electron chi connectivity index (χ4n) is 0.866. The van der Waals surface area contributed by atoms with E-state index < -0.39 is 0 Å². The Morgan fingerprint density at radius 1 is 1.33 bits per heavy atom. The third kappa shape index (κ3) is 2.14. The van der Waals surface area contributed by atoms with E-state index in [4.69, 9.17) is 17.3 Å². The van der Waals surface area contributed by atoms with Crippen LogP contribution < -0.4 is 5.73 Å². The summed E-state index contributed by atoms with van der Waals surface area (Å²) in [5.41, 5.74) is 7.36. The molecule has 1 aromatic carbocycles. The van der Waals surface area contributed by atoms with Gasteiger partial charge in [0.25, 0.3) is 0 Å². The Morgan fingerprint density at radius 3 is 2.42 bits per heavy atom. The normalized spacial score (nSPS) is 11.2. The summed E-state index contributed by atoms with van der Waals surface area (Å²) >= 11 is 5.71. The Morgan fingerprint density at radius 2 is 1.92 bits per heavy atom. The third-order valence-corrected chi connectivity index (χ3v) is 1.73. The van der Waals surface area contributed by atoms with Gasteiger partial charge in [0, 0.05) is 10.7 Å². The monoisotopic (exact) mass is 179 g/mol. The van der Waals surface area contributed by atoms with E-state index in [1.165, 1.54) is 0 Å². The van der Waals surface area contributed by atoms with E-state index in [0.29, 0.717) is 10.7 Å². The second kappa shape index (κ2) is 3.98. The molecule has 1 rings (SSSR count). The number of halogens is 1. The van der Waals surface area contributed by atoms with Gasteiger partial charge in [-0.25, -0.2) is 0 Å². The first kappa shape index (κ1) is 8.88. The lowest BCUT2D eigenvalue weighted by Crippen LogP contribution is -1.94. The van der Waals surface area contributed by atoms with Crippen molar-refractivity contribution in [3.05, 3.63) is 53.6 Å². The van der Waals surface area contributed by atoms with E-state index in [1.807, 2.05) is 12.1 Å². The molecule has 0 aliphatic rings. The van der Waals surface area contributed by atoms with Crippen LogP contribution in [0.15, 0.2) is 43.0 Å². The molecule has 0 aromatic heterocycles. The number of allylic oxidation sites excluding steroid dienone is 2. The fraction of sp³-hybridized carbons (Fsp3) is 0. The average Bonchev–Trinajstić information content (AvgIpc) is 2.06. The molecule has 0 unspecified atom stereocenters. The predicted molar refractivity (Wildman–Crippen MR) is 53.8 cm³/mol. The van der Waals surface area contributed by atoms with Crippen LogP contribution in [0, 0.1) is 0 Å². The highest BCUT2D eigenvalue weighted by Gasteiger charge is 1.93. The van der Waals surface area contributed by atoms with Gasteiger partial charge >= 0.3 is 0 Å². The van der Waals surface area contributed by atoms with E-state index in [2.05, 4.69) is 6.58 Å². The van der Waals surface area contributed by atoms with Crippen molar-refractivity contribution in [1.82, 2.24) is 0 Å². The summed E-state index contributed by atoms with van der Waals surface area (Å²) in [4.78, 5) is 0. The number of rotatable bonds is 2. The molecule has 0 fully saturated rings. The van der Waals surface area contributed by atoms with Gasteiger partial charge in [-0.05, 0) is 23.8 Å². The van der Waals surface area contributed by atoms with Gasteiger partial charge in [0.1, 0.15) is 0 Å². The Bertz CT molecular complexity index is 298. The zero-order valence-electron chi connectivity index (χ0n) is 6.63. The van der Waals surface area contributed by atoms with Crippen LogP contribution in [0.25, 0.3) is 5.70 Å². The van der Waals surface area contributed by atoms with Gasteiger partial charge in [0.2, 0.25) is 0 Å². The molecule has 12 heavy (non-hydrogen) atoms. The summed E-state index contributed by atoms with van der Waals surface area (Å²) in [5, 5.41) is 0.713. The molecule has 2 heteroatoms. The van der Waals surface area contributed by atoms with Gasteiger partial charge in [0.05, 0.1) is 0 Å². The van der Waals surface area contributed by atoms with Crippen molar-refractivity contribution < 1.29 is 0 Å². The molecule has 0 aliphatic carbocycles. The Labute approximate surface area is 77.2 Å². The van der Waals surface area contributed by atoms with Crippen LogP contribution in [-0.4, -0.2) is 0 Å². The summed E-state index contributed by atoms with van der Waals surface area (Å²) in [6, 6.07) is 7.36. The van der Waals surface area contributed by atoms with Crippen LogP contribution in [0.5, 0.6) is 0 Å². The molecule has 0 atom stereocenters. The van der Waals surface area contributed by atoms with Gasteiger partial charge in [0.15, 0.2) is 0 Å². The molecule has 0 aliphatic heterocycles. The molecule has 1 aromatic rings. The molecular formula is C10H10ClN. The fourth-order valence-corrected chi connectivity index (χ4v) is 0.992. The molecule has 0 spiro atoms. The summed E-state index contributed by atoms with van der Waals surface area (Å²) in [5.74, 6) is 0. The molecule has 0 amide bonds. The smallest absolute Gasteiger partial charge is 0.0406 e. The first-order valence-electron chi connectivity index (χ1n) is 3.58. The minimum atomic E-state index is 0.696. The Hall–Kier alpha value is -1.21. The van der Waals surface area contributed by atoms with E-state index in [1.54, 1.807) is 24.3 Å². The SMILES string of the molecule is C=C/C=C(\N)c1ccc(Cl)cc1. The van der Waals surface area contributed by atoms with E-state index in [9.17, 15) is 0 Å². The standard InChI is InChI=1S/C10H10ClN/c1-2-3-10(12)8-4-6-9(11)7-5-8/h2-7H,1,12H2/b10-3-. The number of hydrogen-bond acceptors (Lipinski definition) is 1. The van der Waals surface area contributed by atoms with E-state index in [-0.39, 0.29) is 0 Å². The first-order valence-corrected chi connectivity index (χ1v) is 3.96. The van der Waals surface area contributed by atoms with E-state index >= 15 is 0 Å². The van der Waals surface area contributed by atoms with Crippen molar-refractivity contribution >= 4 is 17.3 Å². The molecule has 2 N–H and O–H groups in total. The van der Waals surface area contributed by atoms with Crippen LogP contribution in [0.3, 0.4) is 0 Å². The minimum absolute atomic E-state index is 0.696. The van der Waals surface area contributed by atoms with Crippen molar-refractivity contribution in [2.45, 2.75) is 0 Å². The maximum absolute atomic E-state index is 5.71. The predicted octanol–water partition coefficient (Wildman–Crippen LogP) is 2.83. The zero-order chi connectivity index (χ0) is 8.97. The highest BCUT2D eigenvalue weighted by atomic mass is 35.5. The third-order valence-electron chi connectivity index (χ3n) is 1.47. The van der Waals surface area contributed by atoms with Gasteiger partial charge in [-0.2, -0.15) is 0 Å². The maximum atomic E-state index is 5.71. The van der Waals surface area contributed by atoms with Crippen LogP contribution in [0.2, 0.25) is 5.02 Å². The summed E-state index contributed by atoms with van der Waals surface area (Å²) in [6.07, 6.45) is 3.41. The lowest BCUT2D eigenvalue weighted by Gasteiger charge is -1.99. The summed E-state index contributed by atoms with van der Waals surface area (Å²) in [7, 11) is 0. The van der Waals surface area contributed by atoms with Crippen molar-refractivity contribution in [1.29, 1.82) is 0 Å². The van der Waals surface area contributed by atoms with Gasteiger partial charge in [-0.1, -0.05) is 36.4 Å². The molecule has 0 bridgehead atoms. The van der Waals surface area contributed by atoms with Crippen molar-refractivity contribution in [3.63, 3.8) is 0 Å². The second-order valence-corrected chi connectivity index (χ2v) is 2.80. The average molecular weight is 180 g/mol. The minimum Gasteiger partial charge on any atom is -0.398 e. The Kier molecular flexibility index (Phi) is 2.94. The summed E-state index contributed by atoms with van der Waals surface area (Å²) < 4.78 is 0. The highest BCUT2D eigenvalue weighted by Crippen LogP contribution is 2.13. The molecule has 0 radical (unpaired) electrons. The zero-order valence-corrected chi connectivity index (χ0v) is 7.38. The van der Waals surface area contributed by atoms with Gasteiger partial charge in [-0.15, -0.1) is 0 Å². The van der Waals surface area contributed by atoms with Crippen molar-refractivity contribution in [2.75, 3.05) is 0 Å². The van der Waals surface area contributed by atoms with Crippen molar-refractivity contribution in [3.8, 4) is 0 Å². The number of benzene rings is 1.